The number of benzene rings is 1. The highest BCUT2D eigenvalue weighted by Gasteiger charge is 2.31. The van der Waals surface area contributed by atoms with Gasteiger partial charge in [-0.05, 0) is 36.4 Å². The molecule has 0 fully saturated rings. The quantitative estimate of drug-likeness (QED) is 0.680. The van der Waals surface area contributed by atoms with Crippen molar-refractivity contribution in [2.24, 2.45) is 0 Å². The van der Waals surface area contributed by atoms with Gasteiger partial charge in [0.25, 0.3) is 0 Å². The van der Waals surface area contributed by atoms with Crippen LogP contribution in [0.4, 0.5) is 13.2 Å². The number of hydrogen-bond donors (Lipinski definition) is 1. The van der Waals surface area contributed by atoms with E-state index in [9.17, 15) is 22.8 Å². The van der Waals surface area contributed by atoms with E-state index >= 15 is 0 Å². The Hall–Kier alpha value is -2.77. The summed E-state index contributed by atoms with van der Waals surface area (Å²) in [6, 6.07) is 7.34. The number of aromatic nitrogens is 1. The fraction of sp³-hybridized carbons (Fsp3) is 0.143. The first kappa shape index (κ1) is 15.6. The Kier molecular flexibility index (Phi) is 4.50. The molecule has 0 bridgehead atoms. The van der Waals surface area contributed by atoms with Gasteiger partial charge >= 0.3 is 12.3 Å². The van der Waals surface area contributed by atoms with Gasteiger partial charge in [-0.1, -0.05) is 0 Å². The summed E-state index contributed by atoms with van der Waals surface area (Å²) >= 11 is 0. The fourth-order valence-corrected chi connectivity index (χ4v) is 1.59. The predicted molar refractivity (Wildman–Crippen MR) is 68.5 cm³/mol. The largest absolute Gasteiger partial charge is 0.573 e. The summed E-state index contributed by atoms with van der Waals surface area (Å²) in [5.41, 5.74) is 0.301. The van der Waals surface area contributed by atoms with Crippen molar-refractivity contribution in [1.82, 2.24) is 4.98 Å². The van der Waals surface area contributed by atoms with Gasteiger partial charge in [0.15, 0.2) is 6.61 Å². The van der Waals surface area contributed by atoms with Crippen molar-refractivity contribution in [2.75, 3.05) is 6.61 Å². The van der Waals surface area contributed by atoms with E-state index < -0.39 is 30.5 Å². The minimum Gasteiger partial charge on any atom is -0.454 e. The average molecular weight is 313 g/mol. The van der Waals surface area contributed by atoms with E-state index in [2.05, 4.69) is 9.72 Å². The van der Waals surface area contributed by atoms with Gasteiger partial charge in [0, 0.05) is 6.20 Å². The zero-order valence-corrected chi connectivity index (χ0v) is 11.0. The number of aromatic amines is 1. The molecule has 0 saturated heterocycles. The van der Waals surface area contributed by atoms with Crippen LogP contribution in [-0.2, 0) is 4.74 Å². The van der Waals surface area contributed by atoms with Crippen LogP contribution in [-0.4, -0.2) is 29.7 Å². The van der Waals surface area contributed by atoms with Crippen LogP contribution in [0.2, 0.25) is 0 Å². The highest BCUT2D eigenvalue weighted by atomic mass is 19.4. The molecule has 0 atom stereocenters. The summed E-state index contributed by atoms with van der Waals surface area (Å²) in [6.45, 7) is -0.472. The highest BCUT2D eigenvalue weighted by molar-refractivity contribution is 5.98. The highest BCUT2D eigenvalue weighted by Crippen LogP contribution is 2.22. The van der Waals surface area contributed by atoms with Gasteiger partial charge in [-0.2, -0.15) is 0 Å². The molecule has 2 rings (SSSR count). The number of esters is 1. The Balaban J connectivity index is 1.91. The van der Waals surface area contributed by atoms with Crippen LogP contribution in [0.1, 0.15) is 20.8 Å². The van der Waals surface area contributed by atoms with Gasteiger partial charge in [0.2, 0.25) is 5.78 Å². The number of hydrogen-bond acceptors (Lipinski definition) is 4. The summed E-state index contributed by atoms with van der Waals surface area (Å²) < 4.78 is 44.4. The molecule has 1 N–H and O–H groups in total. The van der Waals surface area contributed by atoms with Crippen LogP contribution in [0.5, 0.6) is 5.75 Å². The van der Waals surface area contributed by atoms with Gasteiger partial charge in [0.1, 0.15) is 5.75 Å². The number of Topliss-reactive ketones (excluding diaryl/α,β-unsaturated/α-hetero) is 1. The third kappa shape index (κ3) is 4.37. The molecular formula is C14H10F3NO4. The molecule has 0 aliphatic heterocycles. The number of carbonyl (C=O) groups is 2. The SMILES string of the molecule is O=C(OCC(=O)c1ccc[nH]1)c1ccc(OC(F)(F)F)cc1. The number of rotatable bonds is 5. The molecule has 0 spiro atoms. The molecule has 1 aromatic carbocycles. The Morgan fingerprint density at radius 2 is 1.77 bits per heavy atom. The minimum absolute atomic E-state index is 0.00816. The van der Waals surface area contributed by atoms with Crippen LogP contribution in [0.3, 0.4) is 0 Å². The third-order valence-corrected chi connectivity index (χ3v) is 2.56. The first-order chi connectivity index (χ1) is 10.3. The molecule has 0 aliphatic rings. The molecule has 22 heavy (non-hydrogen) atoms. The molecule has 0 aliphatic carbocycles. The van der Waals surface area contributed by atoms with Gasteiger partial charge in [-0.25, -0.2) is 4.79 Å². The number of nitrogens with one attached hydrogen (secondary N) is 1. The first-order valence-corrected chi connectivity index (χ1v) is 6.05. The van der Waals surface area contributed by atoms with E-state index in [1.165, 1.54) is 6.07 Å². The second-order valence-corrected chi connectivity index (χ2v) is 4.16. The van der Waals surface area contributed by atoms with Crippen LogP contribution < -0.4 is 4.74 Å². The molecule has 1 aromatic heterocycles. The van der Waals surface area contributed by atoms with Gasteiger partial charge in [0.05, 0.1) is 11.3 Å². The Labute approximate surface area is 122 Å². The van der Waals surface area contributed by atoms with E-state index in [-0.39, 0.29) is 5.56 Å². The normalized spacial score (nSPS) is 11.0. The lowest BCUT2D eigenvalue weighted by molar-refractivity contribution is -0.274. The number of halogens is 3. The van der Waals surface area contributed by atoms with E-state index in [0.717, 1.165) is 24.3 Å². The van der Waals surface area contributed by atoms with Crippen LogP contribution in [0.25, 0.3) is 0 Å². The molecule has 116 valence electrons. The van der Waals surface area contributed by atoms with Crippen molar-refractivity contribution in [3.8, 4) is 5.75 Å². The van der Waals surface area contributed by atoms with Crippen molar-refractivity contribution in [2.45, 2.75) is 6.36 Å². The fourth-order valence-electron chi connectivity index (χ4n) is 1.59. The second kappa shape index (κ2) is 6.33. The van der Waals surface area contributed by atoms with Gasteiger partial charge < -0.3 is 14.5 Å². The maximum atomic E-state index is 12.0. The number of ketones is 1. The Morgan fingerprint density at radius 1 is 1.09 bits per heavy atom. The molecule has 0 amide bonds. The minimum atomic E-state index is -4.80. The molecule has 8 heteroatoms. The smallest absolute Gasteiger partial charge is 0.454 e. The standard InChI is InChI=1S/C14H10F3NO4/c15-14(16,17)22-10-5-3-9(4-6-10)13(20)21-8-12(19)11-2-1-7-18-11/h1-7,18H,8H2. The zero-order valence-electron chi connectivity index (χ0n) is 11.0. The summed E-state index contributed by atoms with van der Waals surface area (Å²) in [6.07, 6.45) is -3.25. The van der Waals surface area contributed by atoms with Crippen molar-refractivity contribution in [3.05, 3.63) is 53.9 Å². The maximum Gasteiger partial charge on any atom is 0.573 e. The monoisotopic (exact) mass is 313 g/mol. The number of H-pyrrole nitrogens is 1. The molecule has 0 radical (unpaired) electrons. The van der Waals surface area contributed by atoms with Crippen LogP contribution in [0, 0.1) is 0 Å². The molecule has 0 saturated carbocycles. The Morgan fingerprint density at radius 3 is 2.32 bits per heavy atom. The summed E-state index contributed by atoms with van der Waals surface area (Å²) in [4.78, 5) is 25.9. The van der Waals surface area contributed by atoms with E-state index in [1.54, 1.807) is 12.3 Å². The zero-order chi connectivity index (χ0) is 16.2. The average Bonchev–Trinajstić information content (AvgIpc) is 2.97. The predicted octanol–water partition coefficient (Wildman–Crippen LogP) is 2.95. The molecular weight excluding hydrogens is 303 g/mol. The summed E-state index contributed by atoms with van der Waals surface area (Å²) in [5, 5.41) is 0. The lowest BCUT2D eigenvalue weighted by Gasteiger charge is -2.09. The molecule has 0 unspecified atom stereocenters. The first-order valence-electron chi connectivity index (χ1n) is 6.05. The lowest BCUT2D eigenvalue weighted by Crippen LogP contribution is -2.17. The van der Waals surface area contributed by atoms with E-state index in [4.69, 9.17) is 4.74 Å². The van der Waals surface area contributed by atoms with Crippen molar-refractivity contribution in [3.63, 3.8) is 0 Å². The lowest BCUT2D eigenvalue weighted by atomic mass is 10.2. The maximum absolute atomic E-state index is 12.0. The second-order valence-electron chi connectivity index (χ2n) is 4.16. The molecule has 2 aromatic rings. The van der Waals surface area contributed by atoms with Gasteiger partial charge in [-0.3, -0.25) is 4.79 Å². The number of ether oxygens (including phenoxy) is 2. The third-order valence-electron chi connectivity index (χ3n) is 2.56. The van der Waals surface area contributed by atoms with Crippen molar-refractivity contribution in [1.29, 1.82) is 0 Å². The molecule has 1 heterocycles. The number of alkyl halides is 3. The van der Waals surface area contributed by atoms with Crippen LogP contribution in [0.15, 0.2) is 42.6 Å². The van der Waals surface area contributed by atoms with Gasteiger partial charge in [-0.15, -0.1) is 13.2 Å². The molecule has 5 nitrogen and oxygen atoms in total. The van der Waals surface area contributed by atoms with Crippen molar-refractivity contribution >= 4 is 11.8 Å². The summed E-state index contributed by atoms with van der Waals surface area (Å²) in [5.74, 6) is -1.69. The Bertz CT molecular complexity index is 648. The number of carbonyl (C=O) groups excluding carboxylic acids is 2. The summed E-state index contributed by atoms with van der Waals surface area (Å²) in [7, 11) is 0. The van der Waals surface area contributed by atoms with E-state index in [1.807, 2.05) is 0 Å². The topological polar surface area (TPSA) is 68.4 Å². The van der Waals surface area contributed by atoms with Crippen LogP contribution >= 0.6 is 0 Å². The van der Waals surface area contributed by atoms with Crippen molar-refractivity contribution < 1.29 is 32.2 Å². The van der Waals surface area contributed by atoms with E-state index in [0.29, 0.717) is 5.69 Å².